The number of unbranched alkanes of at least 4 members (excludes halogenated alkanes) is 2. The highest BCUT2D eigenvalue weighted by molar-refractivity contribution is 5.06. The maximum Gasteiger partial charge on any atom is 0.0693 e. The summed E-state index contributed by atoms with van der Waals surface area (Å²) in [5.74, 6) is 2.91. The van der Waals surface area contributed by atoms with Crippen LogP contribution in [0, 0.1) is 34.5 Å². The van der Waals surface area contributed by atoms with E-state index >= 15 is 0 Å². The van der Waals surface area contributed by atoms with Gasteiger partial charge < -0.3 is 0 Å². The summed E-state index contributed by atoms with van der Waals surface area (Å²) < 4.78 is 0. The SMILES string of the molecule is C/C=C\CC1(C#N)CCC(C2CCC(CCCCC)CC2)CC1. The fraction of sp³-hybridized carbons (Fsp3) is 0.864. The fourth-order valence-corrected chi connectivity index (χ4v) is 5.00. The van der Waals surface area contributed by atoms with Gasteiger partial charge in [-0.05, 0) is 69.6 Å². The van der Waals surface area contributed by atoms with Gasteiger partial charge in [-0.2, -0.15) is 5.26 Å². The van der Waals surface area contributed by atoms with Crippen LogP contribution in [0.25, 0.3) is 0 Å². The summed E-state index contributed by atoms with van der Waals surface area (Å²) in [5, 5.41) is 9.62. The molecular formula is C22H37N. The molecule has 0 aliphatic heterocycles. The van der Waals surface area contributed by atoms with Crippen LogP contribution in [0.4, 0.5) is 0 Å². The molecule has 2 aliphatic rings. The van der Waals surface area contributed by atoms with Gasteiger partial charge in [0.15, 0.2) is 0 Å². The van der Waals surface area contributed by atoms with E-state index in [1.54, 1.807) is 0 Å². The zero-order valence-electron chi connectivity index (χ0n) is 15.5. The van der Waals surface area contributed by atoms with Crippen molar-refractivity contribution < 1.29 is 0 Å². The van der Waals surface area contributed by atoms with Gasteiger partial charge in [0.05, 0.1) is 11.5 Å². The van der Waals surface area contributed by atoms with Gasteiger partial charge in [-0.1, -0.05) is 57.6 Å². The van der Waals surface area contributed by atoms with E-state index < -0.39 is 0 Å². The molecule has 23 heavy (non-hydrogen) atoms. The molecule has 0 amide bonds. The number of nitriles is 1. The highest BCUT2D eigenvalue weighted by atomic mass is 14.4. The van der Waals surface area contributed by atoms with Gasteiger partial charge in [0.25, 0.3) is 0 Å². The Kier molecular flexibility index (Phi) is 7.68. The Bertz CT molecular complexity index is 387. The Morgan fingerprint density at radius 3 is 2.22 bits per heavy atom. The molecule has 0 aromatic heterocycles. The first-order valence-corrected chi connectivity index (χ1v) is 10.3. The minimum atomic E-state index is -0.0413. The molecule has 0 atom stereocenters. The smallest absolute Gasteiger partial charge is 0.0693 e. The molecule has 0 bridgehead atoms. The van der Waals surface area contributed by atoms with Gasteiger partial charge in [0.1, 0.15) is 0 Å². The number of hydrogen-bond donors (Lipinski definition) is 0. The molecule has 0 saturated heterocycles. The third-order valence-electron chi connectivity index (χ3n) is 6.74. The Hall–Kier alpha value is -0.770. The summed E-state index contributed by atoms with van der Waals surface area (Å²) in [6, 6.07) is 2.66. The molecule has 1 nitrogen and oxygen atoms in total. The Morgan fingerprint density at radius 1 is 1.00 bits per heavy atom. The van der Waals surface area contributed by atoms with E-state index in [4.69, 9.17) is 0 Å². The molecule has 1 heteroatoms. The fourth-order valence-electron chi connectivity index (χ4n) is 5.00. The van der Waals surface area contributed by atoms with Crippen molar-refractivity contribution in [2.75, 3.05) is 0 Å². The van der Waals surface area contributed by atoms with Crippen LogP contribution in [-0.2, 0) is 0 Å². The molecule has 0 heterocycles. The zero-order valence-corrected chi connectivity index (χ0v) is 15.5. The normalized spacial score (nSPS) is 35.3. The second-order valence-electron chi connectivity index (χ2n) is 8.28. The monoisotopic (exact) mass is 315 g/mol. The standard InChI is InChI=1S/C22H37N/c1-3-5-7-8-19-9-11-20(12-10-19)21-13-16-22(18-23,17-14-21)15-6-4-2/h4,6,19-21H,3,5,7-17H2,1-2H3/b6-4-. The summed E-state index contributed by atoms with van der Waals surface area (Å²) in [4.78, 5) is 0. The molecule has 2 aliphatic carbocycles. The molecule has 0 radical (unpaired) electrons. The summed E-state index contributed by atoms with van der Waals surface area (Å²) in [6.07, 6.45) is 21.7. The molecule has 0 aromatic carbocycles. The van der Waals surface area contributed by atoms with Crippen LogP contribution in [0.1, 0.15) is 97.3 Å². The zero-order chi connectivity index (χ0) is 16.5. The van der Waals surface area contributed by atoms with Crippen molar-refractivity contribution in [3.8, 4) is 6.07 Å². The Labute approximate surface area is 144 Å². The van der Waals surface area contributed by atoms with Gasteiger partial charge in [0.2, 0.25) is 0 Å². The van der Waals surface area contributed by atoms with Gasteiger partial charge in [-0.15, -0.1) is 0 Å². The number of hydrogen-bond acceptors (Lipinski definition) is 1. The summed E-state index contributed by atoms with van der Waals surface area (Å²) >= 11 is 0. The van der Waals surface area contributed by atoms with Crippen LogP contribution >= 0.6 is 0 Å². The summed E-state index contributed by atoms with van der Waals surface area (Å²) in [6.45, 7) is 4.37. The summed E-state index contributed by atoms with van der Waals surface area (Å²) in [7, 11) is 0. The van der Waals surface area contributed by atoms with Crippen molar-refractivity contribution in [1.82, 2.24) is 0 Å². The van der Waals surface area contributed by atoms with Gasteiger partial charge in [-0.3, -0.25) is 0 Å². The first kappa shape index (κ1) is 18.6. The lowest BCUT2D eigenvalue weighted by molar-refractivity contribution is 0.121. The van der Waals surface area contributed by atoms with Crippen molar-refractivity contribution >= 4 is 0 Å². The minimum absolute atomic E-state index is 0.0413. The molecular weight excluding hydrogens is 278 g/mol. The molecule has 2 saturated carbocycles. The maximum atomic E-state index is 9.62. The average molecular weight is 316 g/mol. The van der Waals surface area contributed by atoms with E-state index in [1.807, 2.05) is 0 Å². The average Bonchev–Trinajstić information content (AvgIpc) is 2.61. The van der Waals surface area contributed by atoms with E-state index in [2.05, 4.69) is 32.1 Å². The number of nitrogens with zero attached hydrogens (tertiary/aromatic N) is 1. The van der Waals surface area contributed by atoms with E-state index in [-0.39, 0.29) is 5.41 Å². The quantitative estimate of drug-likeness (QED) is 0.365. The largest absolute Gasteiger partial charge is 0.198 e. The topological polar surface area (TPSA) is 23.8 Å². The highest BCUT2D eigenvalue weighted by Gasteiger charge is 2.37. The van der Waals surface area contributed by atoms with Crippen LogP contribution in [0.2, 0.25) is 0 Å². The van der Waals surface area contributed by atoms with E-state index in [0.29, 0.717) is 0 Å². The van der Waals surface area contributed by atoms with Gasteiger partial charge in [-0.25, -0.2) is 0 Å². The third kappa shape index (κ3) is 5.37. The third-order valence-corrected chi connectivity index (χ3v) is 6.74. The van der Waals surface area contributed by atoms with E-state index in [1.165, 1.54) is 64.2 Å². The van der Waals surface area contributed by atoms with Crippen LogP contribution in [0.5, 0.6) is 0 Å². The molecule has 0 aromatic rings. The molecule has 130 valence electrons. The Morgan fingerprint density at radius 2 is 1.65 bits per heavy atom. The molecule has 0 unspecified atom stereocenters. The van der Waals surface area contributed by atoms with Gasteiger partial charge in [0, 0.05) is 0 Å². The molecule has 2 rings (SSSR count). The van der Waals surface area contributed by atoms with Crippen molar-refractivity contribution in [2.45, 2.75) is 97.3 Å². The second-order valence-corrected chi connectivity index (χ2v) is 8.28. The molecule has 0 N–H and O–H groups in total. The van der Waals surface area contributed by atoms with E-state index in [0.717, 1.165) is 37.0 Å². The van der Waals surface area contributed by atoms with Crippen molar-refractivity contribution in [2.24, 2.45) is 23.2 Å². The van der Waals surface area contributed by atoms with Crippen LogP contribution < -0.4 is 0 Å². The minimum Gasteiger partial charge on any atom is -0.198 e. The number of allylic oxidation sites excluding steroid dienone is 2. The Balaban J connectivity index is 1.73. The maximum absolute atomic E-state index is 9.62. The van der Waals surface area contributed by atoms with Crippen LogP contribution in [0.3, 0.4) is 0 Å². The van der Waals surface area contributed by atoms with Gasteiger partial charge >= 0.3 is 0 Å². The second kappa shape index (κ2) is 9.51. The lowest BCUT2D eigenvalue weighted by atomic mass is 9.64. The van der Waals surface area contributed by atoms with Crippen molar-refractivity contribution in [1.29, 1.82) is 5.26 Å². The highest BCUT2D eigenvalue weighted by Crippen LogP contribution is 2.47. The van der Waals surface area contributed by atoms with Crippen molar-refractivity contribution in [3.05, 3.63) is 12.2 Å². The predicted octanol–water partition coefficient (Wildman–Crippen LogP) is 7.04. The lowest BCUT2D eigenvalue weighted by Crippen LogP contribution is -2.30. The van der Waals surface area contributed by atoms with E-state index in [9.17, 15) is 5.26 Å². The van der Waals surface area contributed by atoms with Crippen LogP contribution in [-0.4, -0.2) is 0 Å². The summed E-state index contributed by atoms with van der Waals surface area (Å²) in [5.41, 5.74) is -0.0413. The first-order chi connectivity index (χ1) is 11.2. The predicted molar refractivity (Wildman–Crippen MR) is 99.0 cm³/mol. The molecule has 0 spiro atoms. The lowest BCUT2D eigenvalue weighted by Gasteiger charge is -2.40. The first-order valence-electron chi connectivity index (χ1n) is 10.3. The molecule has 2 fully saturated rings. The van der Waals surface area contributed by atoms with Crippen molar-refractivity contribution in [3.63, 3.8) is 0 Å². The van der Waals surface area contributed by atoms with Crippen LogP contribution in [0.15, 0.2) is 12.2 Å². The number of rotatable bonds is 7.